The first-order valence-corrected chi connectivity index (χ1v) is 7.66. The highest BCUT2D eigenvalue weighted by Gasteiger charge is 2.17. The van der Waals surface area contributed by atoms with Gasteiger partial charge >= 0.3 is 0 Å². The SMILES string of the molecule is O=C(NCC1CCCCC1)c1cc(=O)c2cccc(F)c2o1. The minimum atomic E-state index is -0.642. The summed E-state index contributed by atoms with van der Waals surface area (Å²) in [5.74, 6) is -0.774. The molecule has 0 bridgehead atoms. The fourth-order valence-electron chi connectivity index (χ4n) is 2.97. The van der Waals surface area contributed by atoms with E-state index in [0.29, 0.717) is 12.5 Å². The van der Waals surface area contributed by atoms with E-state index in [2.05, 4.69) is 5.32 Å². The largest absolute Gasteiger partial charge is 0.448 e. The molecule has 1 aromatic carbocycles. The monoisotopic (exact) mass is 303 g/mol. The van der Waals surface area contributed by atoms with E-state index < -0.39 is 17.2 Å². The lowest BCUT2D eigenvalue weighted by atomic mass is 9.89. The molecule has 0 aliphatic heterocycles. The standard InChI is InChI=1S/C17H18FNO3/c18-13-8-4-7-12-14(20)9-15(22-16(12)13)17(21)19-10-11-5-2-1-3-6-11/h4,7-9,11H,1-3,5-6,10H2,(H,19,21). The van der Waals surface area contributed by atoms with Crippen LogP contribution in [0.5, 0.6) is 0 Å². The average Bonchev–Trinajstić information content (AvgIpc) is 2.54. The van der Waals surface area contributed by atoms with E-state index in [0.717, 1.165) is 18.9 Å². The maximum absolute atomic E-state index is 13.7. The molecule has 0 atom stereocenters. The van der Waals surface area contributed by atoms with Crippen LogP contribution in [0.4, 0.5) is 4.39 Å². The lowest BCUT2D eigenvalue weighted by Gasteiger charge is -2.21. The molecule has 2 aromatic rings. The van der Waals surface area contributed by atoms with Crippen molar-refractivity contribution in [2.24, 2.45) is 5.92 Å². The van der Waals surface area contributed by atoms with Gasteiger partial charge in [-0.1, -0.05) is 25.3 Å². The normalized spacial score (nSPS) is 15.9. The van der Waals surface area contributed by atoms with Gasteiger partial charge < -0.3 is 9.73 Å². The van der Waals surface area contributed by atoms with Gasteiger partial charge in [-0.3, -0.25) is 9.59 Å². The van der Waals surface area contributed by atoms with Crippen LogP contribution in [0.2, 0.25) is 0 Å². The molecule has 0 radical (unpaired) electrons. The fraction of sp³-hybridized carbons (Fsp3) is 0.412. The Labute approximate surface area is 127 Å². The van der Waals surface area contributed by atoms with Gasteiger partial charge in [0, 0.05) is 12.6 Å². The van der Waals surface area contributed by atoms with Crippen LogP contribution in [0.25, 0.3) is 11.0 Å². The Morgan fingerprint density at radius 2 is 2.05 bits per heavy atom. The zero-order chi connectivity index (χ0) is 15.5. The van der Waals surface area contributed by atoms with E-state index in [1.54, 1.807) is 0 Å². The predicted molar refractivity (Wildman–Crippen MR) is 81.4 cm³/mol. The van der Waals surface area contributed by atoms with Crippen LogP contribution < -0.4 is 10.7 Å². The highest BCUT2D eigenvalue weighted by molar-refractivity contribution is 5.93. The van der Waals surface area contributed by atoms with Crippen LogP contribution in [-0.4, -0.2) is 12.5 Å². The van der Waals surface area contributed by atoms with Crippen LogP contribution in [0, 0.1) is 11.7 Å². The third kappa shape index (κ3) is 3.03. The molecule has 1 aliphatic carbocycles. The smallest absolute Gasteiger partial charge is 0.287 e. The van der Waals surface area contributed by atoms with Gasteiger partial charge in [0.15, 0.2) is 22.6 Å². The second kappa shape index (κ2) is 6.30. The minimum absolute atomic E-state index is 0.140. The summed E-state index contributed by atoms with van der Waals surface area (Å²) >= 11 is 0. The number of amides is 1. The molecule has 1 saturated carbocycles. The summed E-state index contributed by atoms with van der Waals surface area (Å²) in [4.78, 5) is 24.1. The number of para-hydroxylation sites is 1. The summed E-state index contributed by atoms with van der Waals surface area (Å²) in [6.07, 6.45) is 5.85. The van der Waals surface area contributed by atoms with Crippen molar-refractivity contribution in [1.82, 2.24) is 5.32 Å². The Balaban J connectivity index is 1.79. The van der Waals surface area contributed by atoms with Gasteiger partial charge in [0.1, 0.15) is 0 Å². The lowest BCUT2D eigenvalue weighted by molar-refractivity contribution is 0.0916. The Morgan fingerprint density at radius 3 is 2.82 bits per heavy atom. The van der Waals surface area contributed by atoms with Gasteiger partial charge in [-0.2, -0.15) is 0 Å². The van der Waals surface area contributed by atoms with Gasteiger partial charge in [-0.05, 0) is 30.9 Å². The molecular formula is C17H18FNO3. The number of carbonyl (C=O) groups is 1. The van der Waals surface area contributed by atoms with E-state index in [-0.39, 0.29) is 16.7 Å². The topological polar surface area (TPSA) is 59.3 Å². The maximum Gasteiger partial charge on any atom is 0.287 e. The second-order valence-corrected chi connectivity index (χ2v) is 5.81. The number of halogens is 1. The van der Waals surface area contributed by atoms with Crippen molar-refractivity contribution in [3.05, 3.63) is 46.1 Å². The van der Waals surface area contributed by atoms with Crippen LogP contribution in [-0.2, 0) is 0 Å². The fourth-order valence-corrected chi connectivity index (χ4v) is 2.97. The maximum atomic E-state index is 13.7. The molecular weight excluding hydrogens is 285 g/mol. The molecule has 0 unspecified atom stereocenters. The van der Waals surface area contributed by atoms with Crippen molar-refractivity contribution >= 4 is 16.9 Å². The number of benzene rings is 1. The molecule has 1 N–H and O–H groups in total. The number of rotatable bonds is 3. The number of fused-ring (bicyclic) bond motifs is 1. The quantitative estimate of drug-likeness (QED) is 0.947. The van der Waals surface area contributed by atoms with E-state index in [1.807, 2.05) is 0 Å². The Bertz CT molecular complexity index is 747. The van der Waals surface area contributed by atoms with Crippen molar-refractivity contribution in [2.75, 3.05) is 6.54 Å². The summed E-state index contributed by atoms with van der Waals surface area (Å²) in [5, 5.41) is 2.93. The third-order valence-corrected chi connectivity index (χ3v) is 4.21. The first-order chi connectivity index (χ1) is 10.6. The van der Waals surface area contributed by atoms with Gasteiger partial charge in [-0.25, -0.2) is 4.39 Å². The zero-order valence-corrected chi connectivity index (χ0v) is 12.2. The van der Waals surface area contributed by atoms with Gasteiger partial charge in [0.05, 0.1) is 5.39 Å². The van der Waals surface area contributed by atoms with Crippen LogP contribution >= 0.6 is 0 Å². The molecule has 5 heteroatoms. The predicted octanol–water partition coefficient (Wildman–Crippen LogP) is 3.24. The van der Waals surface area contributed by atoms with Crippen molar-refractivity contribution in [2.45, 2.75) is 32.1 Å². The molecule has 1 aromatic heterocycles. The molecule has 0 spiro atoms. The van der Waals surface area contributed by atoms with Gasteiger partial charge in [-0.15, -0.1) is 0 Å². The summed E-state index contributed by atoms with van der Waals surface area (Å²) in [7, 11) is 0. The lowest BCUT2D eigenvalue weighted by Crippen LogP contribution is -2.30. The average molecular weight is 303 g/mol. The molecule has 3 rings (SSSR count). The van der Waals surface area contributed by atoms with E-state index in [1.165, 1.54) is 37.5 Å². The molecule has 1 aliphatic rings. The summed E-state index contributed by atoms with van der Waals surface area (Å²) in [6.45, 7) is 0.567. The van der Waals surface area contributed by atoms with Crippen molar-refractivity contribution in [3.63, 3.8) is 0 Å². The number of carbonyl (C=O) groups excluding carboxylic acids is 1. The Hall–Kier alpha value is -2.17. The molecule has 0 saturated heterocycles. The molecule has 1 amide bonds. The highest BCUT2D eigenvalue weighted by atomic mass is 19.1. The summed E-state index contributed by atoms with van der Waals surface area (Å²) < 4.78 is 19.0. The zero-order valence-electron chi connectivity index (χ0n) is 12.2. The van der Waals surface area contributed by atoms with E-state index >= 15 is 0 Å². The van der Waals surface area contributed by atoms with Crippen LogP contribution in [0.1, 0.15) is 42.7 Å². The van der Waals surface area contributed by atoms with Gasteiger partial charge in [0.25, 0.3) is 5.91 Å². The molecule has 1 heterocycles. The molecule has 116 valence electrons. The Kier molecular flexibility index (Phi) is 4.22. The highest BCUT2D eigenvalue weighted by Crippen LogP contribution is 2.23. The molecule has 22 heavy (non-hydrogen) atoms. The first-order valence-electron chi connectivity index (χ1n) is 7.66. The van der Waals surface area contributed by atoms with Crippen molar-refractivity contribution in [1.29, 1.82) is 0 Å². The second-order valence-electron chi connectivity index (χ2n) is 5.81. The van der Waals surface area contributed by atoms with Crippen LogP contribution in [0.15, 0.2) is 33.5 Å². The van der Waals surface area contributed by atoms with Crippen molar-refractivity contribution in [3.8, 4) is 0 Å². The molecule has 1 fully saturated rings. The Morgan fingerprint density at radius 1 is 1.27 bits per heavy atom. The summed E-state index contributed by atoms with van der Waals surface area (Å²) in [5.41, 5.74) is -0.582. The number of hydrogen-bond acceptors (Lipinski definition) is 3. The van der Waals surface area contributed by atoms with Crippen molar-refractivity contribution < 1.29 is 13.6 Å². The van der Waals surface area contributed by atoms with Gasteiger partial charge in [0.2, 0.25) is 0 Å². The van der Waals surface area contributed by atoms with Crippen LogP contribution in [0.3, 0.4) is 0 Å². The minimum Gasteiger partial charge on any atom is -0.448 e. The molecule has 4 nitrogen and oxygen atoms in total. The first kappa shape index (κ1) is 14.8. The third-order valence-electron chi connectivity index (χ3n) is 4.21. The number of hydrogen-bond donors (Lipinski definition) is 1. The van der Waals surface area contributed by atoms with E-state index in [4.69, 9.17) is 4.42 Å². The number of nitrogens with one attached hydrogen (secondary N) is 1. The van der Waals surface area contributed by atoms with E-state index in [9.17, 15) is 14.0 Å². The summed E-state index contributed by atoms with van der Waals surface area (Å²) in [6, 6.07) is 5.25.